The van der Waals surface area contributed by atoms with Crippen molar-refractivity contribution in [3.63, 3.8) is 0 Å². The highest BCUT2D eigenvalue weighted by Crippen LogP contribution is 2.32. The summed E-state index contributed by atoms with van der Waals surface area (Å²) in [5.74, 6) is 1.52. The van der Waals surface area contributed by atoms with E-state index in [1.807, 2.05) is 25.1 Å². The van der Waals surface area contributed by atoms with E-state index in [9.17, 15) is 4.79 Å². The summed E-state index contributed by atoms with van der Waals surface area (Å²) in [6.45, 7) is 3.02. The van der Waals surface area contributed by atoms with Crippen LogP contribution in [-0.2, 0) is 0 Å². The average Bonchev–Trinajstić information content (AvgIpc) is 3.01. The fourth-order valence-corrected chi connectivity index (χ4v) is 2.09. The molecule has 1 N–H and O–H groups in total. The molecule has 1 aromatic carbocycles. The first kappa shape index (κ1) is 12.6. The first-order chi connectivity index (χ1) is 9.74. The van der Waals surface area contributed by atoms with E-state index in [0.29, 0.717) is 24.7 Å². The molecule has 2 aromatic rings. The number of hydrogen-bond acceptors (Lipinski definition) is 4. The van der Waals surface area contributed by atoms with E-state index >= 15 is 0 Å². The van der Waals surface area contributed by atoms with E-state index in [4.69, 9.17) is 13.9 Å². The van der Waals surface area contributed by atoms with Gasteiger partial charge >= 0.3 is 0 Å². The summed E-state index contributed by atoms with van der Waals surface area (Å²) in [5, 5.41) is 2.88. The molecule has 1 atom stereocenters. The van der Waals surface area contributed by atoms with Gasteiger partial charge in [0.2, 0.25) is 0 Å². The number of amides is 1. The summed E-state index contributed by atoms with van der Waals surface area (Å²) in [6.07, 6.45) is 1.48. The van der Waals surface area contributed by atoms with Crippen molar-refractivity contribution >= 4 is 5.91 Å². The highest BCUT2D eigenvalue weighted by molar-refractivity contribution is 5.91. The Morgan fingerprint density at radius 3 is 2.75 bits per heavy atom. The Labute approximate surface area is 116 Å². The molecule has 1 aliphatic rings. The van der Waals surface area contributed by atoms with Crippen LogP contribution < -0.4 is 14.8 Å². The molecule has 2 heterocycles. The second-order valence-corrected chi connectivity index (χ2v) is 4.58. The molecule has 0 unspecified atom stereocenters. The van der Waals surface area contributed by atoms with Crippen molar-refractivity contribution in [2.75, 3.05) is 13.2 Å². The Balaban J connectivity index is 1.74. The van der Waals surface area contributed by atoms with Gasteiger partial charge in [-0.05, 0) is 36.8 Å². The standard InChI is InChI=1S/C15H15NO4/c1-10(16-15(17)13-3-2-6-18-13)11-4-5-12-14(9-11)20-8-7-19-12/h2-6,9-10H,7-8H2,1H3,(H,16,17)/t10-/m0/s1. The normalized spacial score (nSPS) is 14.7. The highest BCUT2D eigenvalue weighted by atomic mass is 16.6. The zero-order chi connectivity index (χ0) is 13.9. The van der Waals surface area contributed by atoms with Crippen LogP contribution in [0.5, 0.6) is 11.5 Å². The third kappa shape index (κ3) is 2.47. The highest BCUT2D eigenvalue weighted by Gasteiger charge is 2.17. The molecule has 3 rings (SSSR count). The predicted octanol–water partition coefficient (Wildman–Crippen LogP) is 2.54. The fraction of sp³-hybridized carbons (Fsp3) is 0.267. The van der Waals surface area contributed by atoms with Gasteiger partial charge in [0, 0.05) is 0 Å². The Kier molecular flexibility index (Phi) is 3.33. The number of nitrogens with one attached hydrogen (secondary N) is 1. The van der Waals surface area contributed by atoms with Crippen molar-refractivity contribution in [2.45, 2.75) is 13.0 Å². The third-order valence-corrected chi connectivity index (χ3v) is 3.16. The van der Waals surface area contributed by atoms with Crippen molar-refractivity contribution in [1.82, 2.24) is 5.32 Å². The molecule has 0 fully saturated rings. The molecule has 0 saturated heterocycles. The van der Waals surface area contributed by atoms with E-state index in [2.05, 4.69) is 5.32 Å². The molecule has 1 amide bonds. The Morgan fingerprint density at radius 2 is 2.00 bits per heavy atom. The molecule has 0 aliphatic carbocycles. The van der Waals surface area contributed by atoms with Gasteiger partial charge in [-0.25, -0.2) is 0 Å². The van der Waals surface area contributed by atoms with Crippen LogP contribution in [0.15, 0.2) is 41.0 Å². The van der Waals surface area contributed by atoms with Crippen molar-refractivity contribution in [1.29, 1.82) is 0 Å². The molecule has 0 radical (unpaired) electrons. The van der Waals surface area contributed by atoms with Crippen LogP contribution in [0.2, 0.25) is 0 Å². The number of rotatable bonds is 3. The number of carbonyl (C=O) groups is 1. The average molecular weight is 273 g/mol. The van der Waals surface area contributed by atoms with Gasteiger partial charge in [-0.2, -0.15) is 0 Å². The van der Waals surface area contributed by atoms with Crippen LogP contribution >= 0.6 is 0 Å². The molecular weight excluding hydrogens is 258 g/mol. The van der Waals surface area contributed by atoms with Gasteiger partial charge in [0.15, 0.2) is 17.3 Å². The molecule has 0 spiro atoms. The van der Waals surface area contributed by atoms with Gasteiger partial charge in [-0.15, -0.1) is 0 Å². The third-order valence-electron chi connectivity index (χ3n) is 3.16. The zero-order valence-electron chi connectivity index (χ0n) is 11.1. The lowest BCUT2D eigenvalue weighted by Crippen LogP contribution is -2.26. The zero-order valence-corrected chi connectivity index (χ0v) is 11.1. The molecule has 5 heteroatoms. The smallest absolute Gasteiger partial charge is 0.287 e. The number of benzene rings is 1. The van der Waals surface area contributed by atoms with Gasteiger partial charge in [0.1, 0.15) is 13.2 Å². The molecule has 1 aromatic heterocycles. The van der Waals surface area contributed by atoms with Crippen molar-refractivity contribution in [2.24, 2.45) is 0 Å². The topological polar surface area (TPSA) is 60.7 Å². The van der Waals surface area contributed by atoms with Crippen LogP contribution in [0.1, 0.15) is 29.1 Å². The molecule has 0 saturated carbocycles. The molecule has 0 bridgehead atoms. The van der Waals surface area contributed by atoms with Gasteiger partial charge in [0.25, 0.3) is 5.91 Å². The van der Waals surface area contributed by atoms with E-state index in [-0.39, 0.29) is 11.9 Å². The summed E-state index contributed by atoms with van der Waals surface area (Å²) < 4.78 is 16.1. The number of ether oxygens (including phenoxy) is 2. The predicted molar refractivity (Wildman–Crippen MR) is 72.0 cm³/mol. The molecule has 104 valence electrons. The monoisotopic (exact) mass is 273 g/mol. The quantitative estimate of drug-likeness (QED) is 0.933. The van der Waals surface area contributed by atoms with Crippen molar-refractivity contribution in [3.8, 4) is 11.5 Å². The fourth-order valence-electron chi connectivity index (χ4n) is 2.09. The molecule has 20 heavy (non-hydrogen) atoms. The summed E-state index contributed by atoms with van der Waals surface area (Å²) in [4.78, 5) is 11.9. The number of carbonyl (C=O) groups excluding carboxylic acids is 1. The van der Waals surface area contributed by atoms with Crippen LogP contribution in [0, 0.1) is 0 Å². The van der Waals surface area contributed by atoms with Crippen molar-refractivity contribution in [3.05, 3.63) is 47.9 Å². The van der Waals surface area contributed by atoms with Gasteiger partial charge < -0.3 is 19.2 Å². The van der Waals surface area contributed by atoms with Crippen LogP contribution in [0.3, 0.4) is 0 Å². The Bertz CT molecular complexity index is 606. The second kappa shape index (κ2) is 5.28. The molecular formula is C15H15NO4. The Hall–Kier alpha value is -2.43. The minimum atomic E-state index is -0.239. The minimum absolute atomic E-state index is 0.150. The van der Waals surface area contributed by atoms with Gasteiger partial charge in [-0.3, -0.25) is 4.79 Å². The van der Waals surface area contributed by atoms with E-state index in [1.54, 1.807) is 12.1 Å². The van der Waals surface area contributed by atoms with Gasteiger partial charge in [0.05, 0.1) is 12.3 Å². The van der Waals surface area contributed by atoms with E-state index < -0.39 is 0 Å². The minimum Gasteiger partial charge on any atom is -0.486 e. The van der Waals surface area contributed by atoms with E-state index in [1.165, 1.54) is 6.26 Å². The van der Waals surface area contributed by atoms with Crippen LogP contribution in [0.25, 0.3) is 0 Å². The summed E-state index contributed by atoms with van der Waals surface area (Å²) in [6, 6.07) is 8.83. The lowest BCUT2D eigenvalue weighted by molar-refractivity contribution is 0.0911. The molecule has 5 nitrogen and oxygen atoms in total. The van der Waals surface area contributed by atoms with E-state index in [0.717, 1.165) is 11.3 Å². The number of fused-ring (bicyclic) bond motifs is 1. The maximum atomic E-state index is 11.9. The van der Waals surface area contributed by atoms with Crippen LogP contribution in [-0.4, -0.2) is 19.1 Å². The van der Waals surface area contributed by atoms with Crippen molar-refractivity contribution < 1.29 is 18.7 Å². The lowest BCUT2D eigenvalue weighted by Gasteiger charge is -2.20. The SMILES string of the molecule is C[C@H](NC(=O)c1ccco1)c1ccc2c(c1)OCCO2. The first-order valence-electron chi connectivity index (χ1n) is 6.48. The second-order valence-electron chi connectivity index (χ2n) is 4.58. The summed E-state index contributed by atoms with van der Waals surface area (Å²) >= 11 is 0. The largest absolute Gasteiger partial charge is 0.486 e. The summed E-state index contributed by atoms with van der Waals surface area (Å²) in [7, 11) is 0. The van der Waals surface area contributed by atoms with Gasteiger partial charge in [-0.1, -0.05) is 6.07 Å². The number of hydrogen-bond donors (Lipinski definition) is 1. The molecule has 1 aliphatic heterocycles. The maximum Gasteiger partial charge on any atom is 0.287 e. The first-order valence-corrected chi connectivity index (χ1v) is 6.48. The Morgan fingerprint density at radius 1 is 1.20 bits per heavy atom. The summed E-state index contributed by atoms with van der Waals surface area (Å²) in [5.41, 5.74) is 0.953. The lowest BCUT2D eigenvalue weighted by atomic mass is 10.1. The number of furan rings is 1. The van der Waals surface area contributed by atoms with Crippen LogP contribution in [0.4, 0.5) is 0 Å². The maximum absolute atomic E-state index is 11.9.